The maximum Gasteiger partial charge on any atom is 0.265 e. The first-order chi connectivity index (χ1) is 19.5. The Morgan fingerprint density at radius 2 is 1.63 bits per heavy atom. The van der Waals surface area contributed by atoms with Gasteiger partial charge in [-0.25, -0.2) is 0 Å². The SMILES string of the molecule is COc1ccc2c(c1)N(CCCS(=O)(=O)O)C(=Cc1sc3cc(OC)c4ccccc4c3[n+]1CCCS(=O)(=O)O)S2. The highest BCUT2D eigenvalue weighted by Gasteiger charge is 2.30. The second-order valence-corrected chi connectivity index (χ2v) is 14.7. The average Bonchev–Trinajstić information content (AvgIpc) is 3.43. The highest BCUT2D eigenvalue weighted by molar-refractivity contribution is 8.04. The van der Waals surface area contributed by atoms with E-state index in [0.717, 1.165) is 47.4 Å². The number of hydrogen-bond acceptors (Lipinski definition) is 9. The fourth-order valence-corrected chi connectivity index (χ4v) is 8.24. The zero-order valence-corrected chi connectivity index (χ0v) is 25.6. The Labute approximate surface area is 246 Å². The molecule has 3 aromatic carbocycles. The number of aromatic nitrogens is 1. The first-order valence-corrected chi connectivity index (χ1v) is 17.5. The van der Waals surface area contributed by atoms with Gasteiger partial charge in [-0.2, -0.15) is 21.4 Å². The smallest absolute Gasteiger partial charge is 0.265 e. The van der Waals surface area contributed by atoms with Crippen molar-refractivity contribution >= 4 is 76.1 Å². The van der Waals surface area contributed by atoms with Crippen LogP contribution in [0.25, 0.3) is 27.1 Å². The Morgan fingerprint density at radius 1 is 0.927 bits per heavy atom. The van der Waals surface area contributed by atoms with Crippen molar-refractivity contribution in [1.29, 1.82) is 0 Å². The van der Waals surface area contributed by atoms with Gasteiger partial charge in [0.1, 0.15) is 16.2 Å². The highest BCUT2D eigenvalue weighted by Crippen LogP contribution is 2.48. The summed E-state index contributed by atoms with van der Waals surface area (Å²) in [5, 5.41) is 3.56. The molecule has 218 valence electrons. The van der Waals surface area contributed by atoms with E-state index in [4.69, 9.17) is 9.47 Å². The molecule has 0 radical (unpaired) electrons. The Morgan fingerprint density at radius 3 is 2.32 bits per heavy atom. The van der Waals surface area contributed by atoms with Crippen LogP contribution in [0.3, 0.4) is 0 Å². The van der Waals surface area contributed by atoms with E-state index in [2.05, 4.69) is 4.57 Å². The molecule has 0 aliphatic carbocycles. The van der Waals surface area contributed by atoms with Crippen molar-refractivity contribution in [3.05, 3.63) is 58.6 Å². The molecule has 0 bridgehead atoms. The Hall–Kier alpha value is -2.88. The largest absolute Gasteiger partial charge is 0.497 e. The van der Waals surface area contributed by atoms with E-state index in [1.165, 1.54) is 23.1 Å². The van der Waals surface area contributed by atoms with E-state index < -0.39 is 20.2 Å². The predicted molar refractivity (Wildman–Crippen MR) is 162 cm³/mol. The third kappa shape index (κ3) is 6.63. The molecule has 10 nitrogen and oxygen atoms in total. The quantitative estimate of drug-likeness (QED) is 0.174. The van der Waals surface area contributed by atoms with Gasteiger partial charge in [-0.1, -0.05) is 41.3 Å². The summed E-state index contributed by atoms with van der Waals surface area (Å²) in [6.07, 6.45) is 2.41. The minimum Gasteiger partial charge on any atom is -0.497 e. The topological polar surface area (TPSA) is 134 Å². The van der Waals surface area contributed by atoms with Crippen LogP contribution in [0.1, 0.15) is 17.8 Å². The number of hydrogen-bond donors (Lipinski definition) is 2. The summed E-state index contributed by atoms with van der Waals surface area (Å²) in [7, 11) is -5.05. The van der Waals surface area contributed by atoms with Gasteiger partial charge in [-0.15, -0.1) is 0 Å². The average molecular weight is 638 g/mol. The van der Waals surface area contributed by atoms with Gasteiger partial charge in [0.05, 0.1) is 47.9 Å². The fourth-order valence-electron chi connectivity index (χ4n) is 4.90. The normalized spacial score (nSPS) is 14.7. The van der Waals surface area contributed by atoms with Crippen molar-refractivity contribution in [1.82, 2.24) is 0 Å². The molecule has 2 N–H and O–H groups in total. The molecule has 0 amide bonds. The fraction of sp³-hybridized carbons (Fsp3) is 0.296. The number of nitrogens with zero attached hydrogens (tertiary/aromatic N) is 2. The Bertz CT molecular complexity index is 1870. The Kier molecular flexibility index (Phi) is 8.51. The minimum absolute atomic E-state index is 0.203. The summed E-state index contributed by atoms with van der Waals surface area (Å²) in [6, 6.07) is 15.5. The second kappa shape index (κ2) is 11.8. The number of thiazole rings is 1. The lowest BCUT2D eigenvalue weighted by atomic mass is 10.1. The lowest BCUT2D eigenvalue weighted by Crippen LogP contribution is -2.36. The number of thioether (sulfide) groups is 1. The third-order valence-electron chi connectivity index (χ3n) is 6.67. The summed E-state index contributed by atoms with van der Waals surface area (Å²) in [6.45, 7) is 0.673. The minimum atomic E-state index is -4.13. The van der Waals surface area contributed by atoms with E-state index in [0.29, 0.717) is 18.8 Å². The third-order valence-corrected chi connectivity index (χ3v) is 10.5. The molecule has 0 spiro atoms. The van der Waals surface area contributed by atoms with Gasteiger partial charge in [0.2, 0.25) is 5.52 Å². The summed E-state index contributed by atoms with van der Waals surface area (Å²) < 4.78 is 78.6. The molecule has 0 saturated carbocycles. The first kappa shape index (κ1) is 29.6. The lowest BCUT2D eigenvalue weighted by Gasteiger charge is -2.20. The molecule has 4 aromatic rings. The van der Waals surface area contributed by atoms with E-state index in [-0.39, 0.29) is 24.3 Å². The van der Waals surface area contributed by atoms with Crippen molar-refractivity contribution in [3.63, 3.8) is 0 Å². The van der Waals surface area contributed by atoms with Crippen LogP contribution in [0.4, 0.5) is 5.69 Å². The van der Waals surface area contributed by atoms with Gasteiger partial charge in [0.15, 0.2) is 6.54 Å². The van der Waals surface area contributed by atoms with Crippen molar-refractivity contribution < 1.29 is 40.0 Å². The van der Waals surface area contributed by atoms with Gasteiger partial charge < -0.3 is 14.4 Å². The molecule has 41 heavy (non-hydrogen) atoms. The van der Waals surface area contributed by atoms with E-state index >= 15 is 0 Å². The molecule has 1 aliphatic heterocycles. The maximum atomic E-state index is 11.5. The van der Waals surface area contributed by atoms with Crippen LogP contribution in [0.5, 0.6) is 11.5 Å². The molecule has 0 unspecified atom stereocenters. The van der Waals surface area contributed by atoms with Crippen molar-refractivity contribution in [2.45, 2.75) is 24.3 Å². The van der Waals surface area contributed by atoms with E-state index in [1.54, 1.807) is 14.2 Å². The molecule has 14 heteroatoms. The Balaban J connectivity index is 1.64. The predicted octanol–water partition coefficient (Wildman–Crippen LogP) is 4.83. The van der Waals surface area contributed by atoms with Crippen LogP contribution in [0, 0.1) is 0 Å². The van der Waals surface area contributed by atoms with Crippen LogP contribution in [-0.2, 0) is 26.8 Å². The molecule has 0 fully saturated rings. The zero-order chi connectivity index (χ0) is 29.4. The van der Waals surface area contributed by atoms with Gasteiger partial charge >= 0.3 is 0 Å². The molecule has 5 rings (SSSR count). The number of fused-ring (bicyclic) bond motifs is 4. The van der Waals surface area contributed by atoms with E-state index in [1.807, 2.05) is 59.5 Å². The van der Waals surface area contributed by atoms with E-state index in [9.17, 15) is 25.9 Å². The molecule has 2 heterocycles. The van der Waals surface area contributed by atoms with Gasteiger partial charge in [-0.3, -0.25) is 9.11 Å². The highest BCUT2D eigenvalue weighted by atomic mass is 32.2. The second-order valence-electron chi connectivity index (χ2n) is 9.41. The van der Waals surface area contributed by atoms with Crippen LogP contribution >= 0.6 is 23.1 Å². The molecule has 1 aliphatic rings. The van der Waals surface area contributed by atoms with Gasteiger partial charge in [0.25, 0.3) is 25.2 Å². The monoisotopic (exact) mass is 637 g/mol. The zero-order valence-electron chi connectivity index (χ0n) is 22.3. The molecular formula is C27H29N2O8S4+. The maximum absolute atomic E-state index is 11.5. The lowest BCUT2D eigenvalue weighted by molar-refractivity contribution is -0.667. The van der Waals surface area contributed by atoms with Crippen LogP contribution < -0.4 is 18.9 Å². The number of anilines is 1. The number of methoxy groups -OCH3 is 2. The molecule has 0 atom stereocenters. The van der Waals surface area contributed by atoms with Gasteiger partial charge in [-0.05, 0) is 24.6 Å². The van der Waals surface area contributed by atoms with Crippen molar-refractivity contribution in [2.75, 3.05) is 37.2 Å². The molecule has 0 saturated heterocycles. The summed E-state index contributed by atoms with van der Waals surface area (Å²) in [5.41, 5.74) is 1.79. The summed E-state index contributed by atoms with van der Waals surface area (Å²) in [5.74, 6) is 0.639. The number of rotatable bonds is 11. The summed E-state index contributed by atoms with van der Waals surface area (Å²) >= 11 is 3.05. The van der Waals surface area contributed by atoms with Crippen LogP contribution in [0.2, 0.25) is 0 Å². The molecular weight excluding hydrogens is 609 g/mol. The summed E-state index contributed by atoms with van der Waals surface area (Å²) in [4.78, 5) is 2.97. The standard InChI is InChI=1S/C27H28N2O8S4/c1-36-18-9-10-23-21(15-18)28(11-5-13-40(30,31)32)25(38-23)17-26-29(12-6-14-41(33,34)35)27-20-8-4-3-7-19(20)22(37-2)16-24(27)39-26/h3-4,7-10,15-17H,5-6,11-14H2,1-2H3,(H-,30,31,32,33,34,35)/p+1. The first-order valence-electron chi connectivity index (χ1n) is 12.6. The molecule has 1 aromatic heterocycles. The van der Waals surface area contributed by atoms with Crippen molar-refractivity contribution in [2.24, 2.45) is 0 Å². The number of benzene rings is 3. The van der Waals surface area contributed by atoms with Crippen molar-refractivity contribution in [3.8, 4) is 11.5 Å². The number of ether oxygens (including phenoxy) is 2. The van der Waals surface area contributed by atoms with Crippen LogP contribution in [0.15, 0.2) is 58.5 Å². The van der Waals surface area contributed by atoms with Gasteiger partial charge in [0, 0.05) is 35.4 Å². The number of aryl methyl sites for hydroxylation is 1. The van der Waals surface area contributed by atoms with Crippen LogP contribution in [-0.4, -0.2) is 58.2 Å².